The molecule has 1 aliphatic rings. The molecule has 1 aromatic heterocycles. The van der Waals surface area contributed by atoms with Crippen LogP contribution in [0.4, 0.5) is 5.69 Å². The number of hydrogen-bond acceptors (Lipinski definition) is 7. The molecule has 7 nitrogen and oxygen atoms in total. The molecular weight excluding hydrogens is 328 g/mol. The lowest BCUT2D eigenvalue weighted by atomic mass is 10.0. The Hall–Kier alpha value is -2.35. The molecule has 2 heterocycles. The first kappa shape index (κ1) is 16.5. The summed E-state index contributed by atoms with van der Waals surface area (Å²) in [6.45, 7) is 1.38. The number of hydrogen-bond donors (Lipinski definition) is 1. The molecule has 1 aromatic carbocycles. The summed E-state index contributed by atoms with van der Waals surface area (Å²) < 4.78 is 18.5. The van der Waals surface area contributed by atoms with Crippen molar-refractivity contribution in [1.29, 1.82) is 0 Å². The Labute approximate surface area is 144 Å². The minimum atomic E-state index is -0.0570. The van der Waals surface area contributed by atoms with Crippen molar-refractivity contribution in [3.05, 3.63) is 30.1 Å². The summed E-state index contributed by atoms with van der Waals surface area (Å²) >= 11 is 1.05. The first-order valence-electron chi connectivity index (χ1n) is 7.76. The number of aromatic nitrogens is 2. The van der Waals surface area contributed by atoms with Gasteiger partial charge in [-0.1, -0.05) is 0 Å². The van der Waals surface area contributed by atoms with Crippen molar-refractivity contribution in [3.63, 3.8) is 0 Å². The normalized spacial score (nSPS) is 17.4. The van der Waals surface area contributed by atoms with Gasteiger partial charge in [0.2, 0.25) is 0 Å². The molecule has 1 aliphatic heterocycles. The molecule has 0 saturated carbocycles. The predicted octanol–water partition coefficient (Wildman–Crippen LogP) is 2.27. The Bertz CT molecular complexity index is 670. The quantitative estimate of drug-likeness (QED) is 0.893. The number of piperidine rings is 1. The Kier molecular flexibility index (Phi) is 5.14. The molecule has 2 aromatic rings. The zero-order valence-electron chi connectivity index (χ0n) is 13.7. The van der Waals surface area contributed by atoms with Crippen LogP contribution in [0.5, 0.6) is 11.5 Å². The number of nitrogens with one attached hydrogen (secondary N) is 1. The summed E-state index contributed by atoms with van der Waals surface area (Å²) in [7, 11) is 3.25. The van der Waals surface area contributed by atoms with E-state index in [2.05, 4.69) is 14.1 Å². The lowest BCUT2D eigenvalue weighted by molar-refractivity contribution is 0.0710. The Balaban J connectivity index is 1.68. The van der Waals surface area contributed by atoms with Gasteiger partial charge in [-0.05, 0) is 12.8 Å². The van der Waals surface area contributed by atoms with E-state index in [-0.39, 0.29) is 11.9 Å². The molecule has 0 aliphatic carbocycles. The summed E-state index contributed by atoms with van der Waals surface area (Å²) in [4.78, 5) is 14.3. The van der Waals surface area contributed by atoms with Gasteiger partial charge in [-0.3, -0.25) is 4.79 Å². The summed E-state index contributed by atoms with van der Waals surface area (Å²) in [6.07, 6.45) is 3.47. The second kappa shape index (κ2) is 7.48. The lowest BCUT2D eigenvalue weighted by Crippen LogP contribution is -2.45. The number of likely N-dealkylation sites (tertiary alicyclic amines) is 1. The van der Waals surface area contributed by atoms with Crippen molar-refractivity contribution in [2.45, 2.75) is 18.9 Å². The fraction of sp³-hybridized carbons (Fsp3) is 0.438. The zero-order valence-corrected chi connectivity index (χ0v) is 14.5. The van der Waals surface area contributed by atoms with Gasteiger partial charge in [0, 0.05) is 43.0 Å². The van der Waals surface area contributed by atoms with E-state index in [1.807, 2.05) is 23.1 Å². The molecule has 1 amide bonds. The van der Waals surface area contributed by atoms with E-state index in [1.54, 1.807) is 14.2 Å². The third-order valence-electron chi connectivity index (χ3n) is 4.01. The van der Waals surface area contributed by atoms with Crippen LogP contribution in [0, 0.1) is 0 Å². The summed E-state index contributed by atoms with van der Waals surface area (Å²) in [5, 5.41) is 3.47. The van der Waals surface area contributed by atoms with Crippen molar-refractivity contribution in [2.24, 2.45) is 0 Å². The highest BCUT2D eigenvalue weighted by Gasteiger charge is 2.25. The molecule has 1 N–H and O–H groups in total. The molecule has 128 valence electrons. The molecule has 0 spiro atoms. The molecule has 1 saturated heterocycles. The molecule has 3 rings (SSSR count). The van der Waals surface area contributed by atoms with Gasteiger partial charge in [-0.2, -0.15) is 8.75 Å². The number of carbonyl (C=O) groups excluding carboxylic acids is 1. The van der Waals surface area contributed by atoms with Crippen LogP contribution in [0.25, 0.3) is 0 Å². The number of nitrogens with zero attached hydrogens (tertiary/aromatic N) is 3. The summed E-state index contributed by atoms with van der Waals surface area (Å²) in [5.41, 5.74) is 1.34. The number of ether oxygens (including phenoxy) is 2. The molecule has 0 bridgehead atoms. The van der Waals surface area contributed by atoms with E-state index in [0.29, 0.717) is 12.2 Å². The maximum absolute atomic E-state index is 12.4. The van der Waals surface area contributed by atoms with Crippen LogP contribution < -0.4 is 14.8 Å². The van der Waals surface area contributed by atoms with Crippen LogP contribution in [0.3, 0.4) is 0 Å². The highest BCUT2D eigenvalue weighted by molar-refractivity contribution is 6.99. The van der Waals surface area contributed by atoms with Gasteiger partial charge in [0.25, 0.3) is 5.91 Å². The van der Waals surface area contributed by atoms with Crippen LogP contribution in [0.2, 0.25) is 0 Å². The SMILES string of the molecule is COc1cc(N[C@H]2CCCN(C(=O)c3cnsn3)C2)cc(OC)c1. The molecule has 0 unspecified atom stereocenters. The minimum Gasteiger partial charge on any atom is -0.497 e. The molecule has 24 heavy (non-hydrogen) atoms. The lowest BCUT2D eigenvalue weighted by Gasteiger charge is -2.33. The van der Waals surface area contributed by atoms with E-state index in [4.69, 9.17) is 9.47 Å². The average Bonchev–Trinajstić information content (AvgIpc) is 3.15. The van der Waals surface area contributed by atoms with Gasteiger partial charge in [-0.25, -0.2) is 0 Å². The van der Waals surface area contributed by atoms with Gasteiger partial charge in [0.05, 0.1) is 32.1 Å². The van der Waals surface area contributed by atoms with E-state index in [1.165, 1.54) is 6.20 Å². The summed E-state index contributed by atoms with van der Waals surface area (Å²) in [6, 6.07) is 5.85. The van der Waals surface area contributed by atoms with Crippen LogP contribution in [0.1, 0.15) is 23.3 Å². The number of amides is 1. The Morgan fingerprint density at radius 2 is 2.04 bits per heavy atom. The van der Waals surface area contributed by atoms with Crippen LogP contribution in [0.15, 0.2) is 24.4 Å². The topological polar surface area (TPSA) is 76.6 Å². The highest BCUT2D eigenvalue weighted by Crippen LogP contribution is 2.27. The molecule has 1 atom stereocenters. The van der Waals surface area contributed by atoms with Crippen molar-refractivity contribution >= 4 is 23.3 Å². The maximum atomic E-state index is 12.4. The van der Waals surface area contributed by atoms with Crippen LogP contribution in [-0.2, 0) is 0 Å². The predicted molar refractivity (Wildman–Crippen MR) is 92.0 cm³/mol. The van der Waals surface area contributed by atoms with E-state index in [0.717, 1.165) is 48.3 Å². The van der Waals surface area contributed by atoms with Gasteiger partial charge in [-0.15, -0.1) is 0 Å². The van der Waals surface area contributed by atoms with E-state index in [9.17, 15) is 4.79 Å². The number of carbonyl (C=O) groups is 1. The summed E-state index contributed by atoms with van der Waals surface area (Å²) in [5.74, 6) is 1.40. The van der Waals surface area contributed by atoms with Gasteiger partial charge < -0.3 is 19.7 Å². The largest absolute Gasteiger partial charge is 0.497 e. The van der Waals surface area contributed by atoms with Crippen LogP contribution >= 0.6 is 11.7 Å². The first-order chi connectivity index (χ1) is 11.7. The van der Waals surface area contributed by atoms with Crippen molar-refractivity contribution in [1.82, 2.24) is 13.6 Å². The molecule has 8 heteroatoms. The number of benzene rings is 1. The number of anilines is 1. The monoisotopic (exact) mass is 348 g/mol. The second-order valence-electron chi connectivity index (χ2n) is 5.63. The fourth-order valence-corrected chi connectivity index (χ4v) is 3.23. The molecular formula is C16H20N4O3S. The minimum absolute atomic E-state index is 0.0570. The van der Waals surface area contributed by atoms with E-state index >= 15 is 0 Å². The van der Waals surface area contributed by atoms with E-state index < -0.39 is 0 Å². The van der Waals surface area contributed by atoms with Gasteiger partial charge >= 0.3 is 0 Å². The van der Waals surface area contributed by atoms with Crippen molar-refractivity contribution in [2.75, 3.05) is 32.6 Å². The third kappa shape index (κ3) is 3.76. The maximum Gasteiger partial charge on any atom is 0.275 e. The zero-order chi connectivity index (χ0) is 16.9. The van der Waals surface area contributed by atoms with Gasteiger partial charge in [0.15, 0.2) is 5.69 Å². The van der Waals surface area contributed by atoms with Crippen molar-refractivity contribution in [3.8, 4) is 11.5 Å². The fourth-order valence-electron chi connectivity index (χ4n) is 2.83. The smallest absolute Gasteiger partial charge is 0.275 e. The Morgan fingerprint density at radius 1 is 1.29 bits per heavy atom. The third-order valence-corrected chi connectivity index (χ3v) is 4.49. The highest BCUT2D eigenvalue weighted by atomic mass is 32.1. The first-order valence-corrected chi connectivity index (χ1v) is 8.49. The standard InChI is InChI=1S/C16H20N4O3S/c1-22-13-6-12(7-14(8-13)23-2)18-11-4-3-5-20(10-11)16(21)15-9-17-24-19-15/h6-9,11,18H,3-5,10H2,1-2H3/t11-/m0/s1. The average molecular weight is 348 g/mol. The molecule has 0 radical (unpaired) electrons. The molecule has 1 fully saturated rings. The van der Waals surface area contributed by atoms with Crippen LogP contribution in [-0.4, -0.2) is 52.9 Å². The second-order valence-corrected chi connectivity index (χ2v) is 6.19. The van der Waals surface area contributed by atoms with Crippen molar-refractivity contribution < 1.29 is 14.3 Å². The Morgan fingerprint density at radius 3 is 2.67 bits per heavy atom. The number of methoxy groups -OCH3 is 2. The van der Waals surface area contributed by atoms with Gasteiger partial charge in [0.1, 0.15) is 11.5 Å². The number of rotatable bonds is 5.